The van der Waals surface area contributed by atoms with Crippen molar-refractivity contribution in [3.63, 3.8) is 0 Å². The summed E-state index contributed by atoms with van der Waals surface area (Å²) < 4.78 is 1.40. The second-order valence-corrected chi connectivity index (χ2v) is 4.39. The number of rotatable bonds is 3. The first kappa shape index (κ1) is 12.9. The van der Waals surface area contributed by atoms with Crippen LogP contribution in [-0.4, -0.2) is 35.8 Å². The summed E-state index contributed by atoms with van der Waals surface area (Å²) in [6, 6.07) is 1.93. The quantitative estimate of drug-likeness (QED) is 0.361. The molecular weight excluding hydrogens is 246 g/mol. The molecule has 2 aromatic heterocycles. The lowest BCUT2D eigenvalue weighted by molar-refractivity contribution is 0.318. The van der Waals surface area contributed by atoms with Crippen molar-refractivity contribution in [2.24, 2.45) is 10.9 Å². The van der Waals surface area contributed by atoms with Gasteiger partial charge in [0.05, 0.1) is 0 Å². The zero-order valence-corrected chi connectivity index (χ0v) is 10.9. The number of hydrogen-bond acceptors (Lipinski definition) is 6. The van der Waals surface area contributed by atoms with Crippen molar-refractivity contribution in [1.29, 1.82) is 0 Å². The molecule has 3 N–H and O–H groups in total. The van der Waals surface area contributed by atoms with Crippen molar-refractivity contribution < 1.29 is 5.21 Å². The molecule has 0 saturated carbocycles. The predicted octanol–water partition coefficient (Wildman–Crippen LogP) is 0.584. The van der Waals surface area contributed by atoms with Gasteiger partial charge >= 0.3 is 0 Å². The van der Waals surface area contributed by atoms with Gasteiger partial charge in [-0.1, -0.05) is 19.0 Å². The van der Waals surface area contributed by atoms with Crippen LogP contribution in [0.15, 0.2) is 17.5 Å². The monoisotopic (exact) mass is 261 g/mol. The molecule has 0 bridgehead atoms. The zero-order valence-electron chi connectivity index (χ0n) is 10.9. The summed E-state index contributed by atoms with van der Waals surface area (Å²) in [5, 5.41) is 15.5. The van der Waals surface area contributed by atoms with Gasteiger partial charge in [-0.3, -0.25) is 0 Å². The molecule has 0 aliphatic rings. The Morgan fingerprint density at radius 2 is 2.16 bits per heavy atom. The van der Waals surface area contributed by atoms with Crippen LogP contribution in [0, 0.1) is 6.92 Å². The maximum atomic E-state index is 8.57. The topological polar surface area (TPSA) is 115 Å². The van der Waals surface area contributed by atoms with Crippen LogP contribution >= 0.6 is 0 Å². The molecule has 0 atom stereocenters. The Morgan fingerprint density at radius 1 is 1.42 bits per heavy atom. The minimum Gasteiger partial charge on any atom is -0.409 e. The molecule has 0 aliphatic heterocycles. The van der Waals surface area contributed by atoms with Crippen molar-refractivity contribution in [2.75, 3.05) is 0 Å². The third kappa shape index (κ3) is 2.67. The van der Waals surface area contributed by atoms with E-state index < -0.39 is 0 Å². The molecule has 19 heavy (non-hydrogen) atoms. The van der Waals surface area contributed by atoms with Crippen LogP contribution in [0.1, 0.15) is 37.0 Å². The molecule has 0 aliphatic carbocycles. The Labute approximate surface area is 110 Å². The molecule has 0 amide bonds. The number of aryl methyl sites for hydroxylation is 1. The molecule has 0 radical (unpaired) electrons. The van der Waals surface area contributed by atoms with Gasteiger partial charge in [-0.2, -0.15) is 4.68 Å². The number of oxime groups is 1. The minimum absolute atomic E-state index is 0.124. The fraction of sp³-hybridized carbons (Fsp3) is 0.364. The van der Waals surface area contributed by atoms with Gasteiger partial charge in [-0.05, 0) is 18.9 Å². The van der Waals surface area contributed by atoms with Gasteiger partial charge in [0.15, 0.2) is 0 Å². The molecule has 2 aromatic rings. The molecule has 8 nitrogen and oxygen atoms in total. The van der Waals surface area contributed by atoms with E-state index in [4.69, 9.17) is 10.9 Å². The highest BCUT2D eigenvalue weighted by Gasteiger charge is 2.11. The maximum Gasteiger partial charge on any atom is 0.252 e. The van der Waals surface area contributed by atoms with Gasteiger partial charge in [0.1, 0.15) is 6.33 Å². The number of aromatic nitrogens is 5. The molecule has 0 aromatic carbocycles. The van der Waals surface area contributed by atoms with Crippen LogP contribution in [0.4, 0.5) is 0 Å². The Morgan fingerprint density at radius 3 is 2.79 bits per heavy atom. The van der Waals surface area contributed by atoms with Gasteiger partial charge < -0.3 is 10.9 Å². The average molecular weight is 261 g/mol. The highest BCUT2D eigenvalue weighted by molar-refractivity contribution is 5.93. The van der Waals surface area contributed by atoms with Gasteiger partial charge in [0.25, 0.3) is 5.95 Å². The molecule has 0 spiro atoms. The fourth-order valence-electron chi connectivity index (χ4n) is 1.50. The molecule has 2 heterocycles. The largest absolute Gasteiger partial charge is 0.409 e. The highest BCUT2D eigenvalue weighted by atomic mass is 16.4. The van der Waals surface area contributed by atoms with Crippen LogP contribution in [0.5, 0.6) is 0 Å². The average Bonchev–Trinajstić information content (AvgIpc) is 2.86. The lowest BCUT2D eigenvalue weighted by atomic mass is 10.1. The van der Waals surface area contributed by atoms with Gasteiger partial charge in [0.2, 0.25) is 11.7 Å². The van der Waals surface area contributed by atoms with Crippen LogP contribution in [-0.2, 0) is 0 Å². The summed E-state index contributed by atoms with van der Waals surface area (Å²) in [5.41, 5.74) is 7.18. The van der Waals surface area contributed by atoms with Crippen LogP contribution < -0.4 is 5.73 Å². The van der Waals surface area contributed by atoms with E-state index in [2.05, 4.69) is 39.1 Å². The second-order valence-electron chi connectivity index (χ2n) is 4.39. The number of nitrogens with zero attached hydrogens (tertiary/aromatic N) is 6. The summed E-state index contributed by atoms with van der Waals surface area (Å²) in [6.45, 7) is 5.99. The lowest BCUT2D eigenvalue weighted by Gasteiger charge is -2.07. The van der Waals surface area contributed by atoms with E-state index in [1.165, 1.54) is 11.0 Å². The van der Waals surface area contributed by atoms with Crippen molar-refractivity contribution >= 4 is 5.84 Å². The number of nitrogens with two attached hydrogens (primary N) is 1. The van der Waals surface area contributed by atoms with Gasteiger partial charge in [-0.15, -0.1) is 5.10 Å². The summed E-state index contributed by atoms with van der Waals surface area (Å²) >= 11 is 0. The SMILES string of the molecule is Cc1cc(C(C)C)nc(-n2cnc(/C(N)=N/O)n2)n1. The summed E-state index contributed by atoms with van der Waals surface area (Å²) in [6.07, 6.45) is 1.42. The number of hydrogen-bond donors (Lipinski definition) is 2. The van der Waals surface area contributed by atoms with E-state index in [0.29, 0.717) is 5.95 Å². The van der Waals surface area contributed by atoms with E-state index in [-0.39, 0.29) is 17.6 Å². The van der Waals surface area contributed by atoms with Crippen LogP contribution in [0.2, 0.25) is 0 Å². The van der Waals surface area contributed by atoms with Gasteiger partial charge in [0, 0.05) is 11.4 Å². The van der Waals surface area contributed by atoms with E-state index >= 15 is 0 Å². The minimum atomic E-state index is -0.157. The highest BCUT2D eigenvalue weighted by Crippen LogP contribution is 2.13. The maximum absolute atomic E-state index is 8.57. The molecule has 2 rings (SSSR count). The van der Waals surface area contributed by atoms with Crippen LogP contribution in [0.25, 0.3) is 5.95 Å². The lowest BCUT2D eigenvalue weighted by Crippen LogP contribution is -2.16. The van der Waals surface area contributed by atoms with Crippen molar-refractivity contribution in [2.45, 2.75) is 26.7 Å². The summed E-state index contributed by atoms with van der Waals surface area (Å²) in [4.78, 5) is 12.6. The third-order valence-electron chi connectivity index (χ3n) is 2.49. The Balaban J connectivity index is 2.44. The standard InChI is InChI=1S/C11H15N7O/c1-6(2)8-4-7(3)14-11(15-8)18-5-13-10(16-18)9(12)17-19/h4-6,19H,1-3H3,(H2,12,17). The normalized spacial score (nSPS) is 12.1. The molecule has 100 valence electrons. The molecule has 8 heteroatoms. The van der Waals surface area contributed by atoms with Crippen LogP contribution in [0.3, 0.4) is 0 Å². The third-order valence-corrected chi connectivity index (χ3v) is 2.49. The Hall–Kier alpha value is -2.51. The summed E-state index contributed by atoms with van der Waals surface area (Å²) in [5.74, 6) is 0.662. The Bertz CT molecular complexity index is 617. The van der Waals surface area contributed by atoms with Crippen molar-refractivity contribution in [3.8, 4) is 5.95 Å². The van der Waals surface area contributed by atoms with Crippen molar-refractivity contribution in [1.82, 2.24) is 24.7 Å². The number of amidine groups is 1. The molecule has 0 fully saturated rings. The first-order valence-corrected chi connectivity index (χ1v) is 5.76. The van der Waals surface area contributed by atoms with Crippen molar-refractivity contribution in [3.05, 3.63) is 29.6 Å². The Kier molecular flexibility index (Phi) is 3.41. The predicted molar refractivity (Wildman–Crippen MR) is 68.3 cm³/mol. The van der Waals surface area contributed by atoms with Gasteiger partial charge in [-0.25, -0.2) is 15.0 Å². The van der Waals surface area contributed by atoms with E-state index in [1.807, 2.05) is 13.0 Å². The molecule has 0 unspecified atom stereocenters. The zero-order chi connectivity index (χ0) is 14.0. The molecular formula is C11H15N7O. The fourth-order valence-corrected chi connectivity index (χ4v) is 1.50. The first-order chi connectivity index (χ1) is 9.01. The van der Waals surface area contributed by atoms with E-state index in [0.717, 1.165) is 11.4 Å². The second kappa shape index (κ2) is 5.01. The first-order valence-electron chi connectivity index (χ1n) is 5.76. The van der Waals surface area contributed by atoms with E-state index in [9.17, 15) is 0 Å². The van der Waals surface area contributed by atoms with E-state index in [1.54, 1.807) is 0 Å². The summed E-state index contributed by atoms with van der Waals surface area (Å²) in [7, 11) is 0. The smallest absolute Gasteiger partial charge is 0.252 e. The molecule has 0 saturated heterocycles.